The number of allylic oxidation sites excluding steroid dienone is 8. The standard InChI is InChI=1S/C24H23NOS/c1-3-19(23-6-4-5-7-24(23)25-14-15-27)10-8-18-9-11-21-17-22(26-2)13-12-20(21)16-18/h3-13,16-17,27H,1,14-15H2,2H3/p+2/b10-8+,23-19+,25-24?. The highest BCUT2D eigenvalue weighted by atomic mass is 32.1. The molecule has 2 nitrogen and oxygen atoms in total. The second kappa shape index (κ2) is 9.24. The van der Waals surface area contributed by atoms with Crippen LogP contribution in [0.4, 0.5) is 0 Å². The van der Waals surface area contributed by atoms with Crippen LogP contribution in [0.5, 0.6) is 5.75 Å². The lowest BCUT2D eigenvalue weighted by atomic mass is 9.97. The Bertz CT molecular complexity index is 993. The molecule has 0 aliphatic heterocycles. The summed E-state index contributed by atoms with van der Waals surface area (Å²) in [6, 6.07) is 12.5. The van der Waals surface area contributed by atoms with Crippen LogP contribution in [-0.2, 0) is 12.6 Å². The normalized spacial score (nSPS) is 17.0. The largest absolute Gasteiger partial charge is 0.497 e. The van der Waals surface area contributed by atoms with Crippen molar-refractivity contribution >= 4 is 35.2 Å². The van der Waals surface area contributed by atoms with Gasteiger partial charge in [-0.1, -0.05) is 55.2 Å². The number of benzene rings is 2. The van der Waals surface area contributed by atoms with E-state index in [1.807, 2.05) is 18.2 Å². The molecule has 0 saturated carbocycles. The van der Waals surface area contributed by atoms with Crippen molar-refractivity contribution in [2.45, 2.75) is 0 Å². The van der Waals surface area contributed by atoms with Gasteiger partial charge in [-0.15, -0.1) is 0 Å². The maximum absolute atomic E-state index is 5.30. The molecule has 3 heteroatoms. The van der Waals surface area contributed by atoms with Gasteiger partial charge >= 0.3 is 0 Å². The summed E-state index contributed by atoms with van der Waals surface area (Å²) in [6.07, 6.45) is 14.4. The summed E-state index contributed by atoms with van der Waals surface area (Å²) in [6.45, 7) is 4.87. The highest BCUT2D eigenvalue weighted by molar-refractivity contribution is 7.58. The topological polar surface area (TPSA) is 23.2 Å². The SMILES string of the molecule is C=CC(/C=C/c1ccc2cc(OC)ccc2c1)=C1/C=CC=CC1=[NH+]CC[SH2+]. The molecule has 0 amide bonds. The molecule has 27 heavy (non-hydrogen) atoms. The summed E-state index contributed by atoms with van der Waals surface area (Å²) < 4.78 is 5.30. The minimum absolute atomic E-state index is 0.871. The molecule has 3 rings (SSSR count). The first-order valence-corrected chi connectivity index (χ1v) is 9.69. The van der Waals surface area contributed by atoms with E-state index in [4.69, 9.17) is 4.74 Å². The Labute approximate surface area is 166 Å². The van der Waals surface area contributed by atoms with E-state index in [1.165, 1.54) is 10.8 Å². The summed E-state index contributed by atoms with van der Waals surface area (Å²) in [5, 5.41) is 2.36. The third-order valence-electron chi connectivity index (χ3n) is 4.43. The summed E-state index contributed by atoms with van der Waals surface area (Å²) in [7, 11) is 1.69. The Kier molecular flexibility index (Phi) is 6.50. The quantitative estimate of drug-likeness (QED) is 0.771. The second-order valence-corrected chi connectivity index (χ2v) is 6.69. The molecule has 2 aromatic carbocycles. The fraction of sp³-hybridized carbons (Fsp3) is 0.125. The fourth-order valence-electron chi connectivity index (χ4n) is 3.01. The van der Waals surface area contributed by atoms with Crippen LogP contribution in [0.3, 0.4) is 0 Å². The van der Waals surface area contributed by atoms with E-state index in [0.717, 1.165) is 40.5 Å². The number of hydrogen-bond donors (Lipinski definition) is 1. The van der Waals surface area contributed by atoms with Crippen molar-refractivity contribution in [2.24, 2.45) is 0 Å². The van der Waals surface area contributed by atoms with Crippen LogP contribution < -0.4 is 9.73 Å². The van der Waals surface area contributed by atoms with E-state index >= 15 is 0 Å². The van der Waals surface area contributed by atoms with Gasteiger partial charge in [0, 0.05) is 6.08 Å². The molecule has 0 bridgehead atoms. The van der Waals surface area contributed by atoms with E-state index in [1.54, 1.807) is 7.11 Å². The summed E-state index contributed by atoms with van der Waals surface area (Å²) in [5.74, 6) is 1.77. The van der Waals surface area contributed by atoms with Crippen LogP contribution in [0, 0.1) is 0 Å². The van der Waals surface area contributed by atoms with Gasteiger partial charge in [0.25, 0.3) is 0 Å². The Balaban J connectivity index is 1.92. The van der Waals surface area contributed by atoms with Gasteiger partial charge in [-0.05, 0) is 58.8 Å². The summed E-state index contributed by atoms with van der Waals surface area (Å²) >= 11 is 3.51. The third-order valence-corrected chi connectivity index (χ3v) is 4.68. The highest BCUT2D eigenvalue weighted by Gasteiger charge is 2.12. The van der Waals surface area contributed by atoms with Crippen LogP contribution in [0.15, 0.2) is 90.6 Å². The lowest BCUT2D eigenvalue weighted by molar-refractivity contribution is -0.449. The van der Waals surface area contributed by atoms with Crippen molar-refractivity contribution in [1.82, 2.24) is 0 Å². The maximum atomic E-state index is 5.30. The first-order chi connectivity index (χ1) is 13.2. The van der Waals surface area contributed by atoms with Gasteiger partial charge in [-0.2, -0.15) is 0 Å². The van der Waals surface area contributed by atoms with Gasteiger partial charge in [0.2, 0.25) is 5.71 Å². The molecule has 1 N–H and O–H groups in total. The molecule has 2 aromatic rings. The molecule has 0 aromatic heterocycles. The van der Waals surface area contributed by atoms with Crippen molar-refractivity contribution < 1.29 is 9.73 Å². The van der Waals surface area contributed by atoms with Crippen LogP contribution in [0.1, 0.15) is 5.56 Å². The third kappa shape index (κ3) is 4.69. The number of rotatable bonds is 6. The van der Waals surface area contributed by atoms with Gasteiger partial charge in [0.05, 0.1) is 12.7 Å². The van der Waals surface area contributed by atoms with E-state index < -0.39 is 0 Å². The first kappa shape index (κ1) is 19.0. The zero-order chi connectivity index (χ0) is 19.1. The summed E-state index contributed by atoms with van der Waals surface area (Å²) in [4.78, 5) is 3.45. The molecule has 1 aliphatic carbocycles. The fourth-order valence-corrected chi connectivity index (χ4v) is 3.14. The molecule has 0 spiro atoms. The van der Waals surface area contributed by atoms with Crippen LogP contribution >= 0.6 is 0 Å². The molecule has 136 valence electrons. The molecule has 0 atom stereocenters. The zero-order valence-corrected chi connectivity index (χ0v) is 16.5. The van der Waals surface area contributed by atoms with Crippen molar-refractivity contribution in [3.63, 3.8) is 0 Å². The average Bonchev–Trinajstić information content (AvgIpc) is 2.72. The van der Waals surface area contributed by atoms with Crippen molar-refractivity contribution in [3.05, 3.63) is 96.1 Å². The lowest BCUT2D eigenvalue weighted by Crippen LogP contribution is -2.74. The predicted molar refractivity (Wildman–Crippen MR) is 121 cm³/mol. The Morgan fingerprint density at radius 2 is 1.89 bits per heavy atom. The van der Waals surface area contributed by atoms with Gasteiger partial charge < -0.3 is 4.74 Å². The lowest BCUT2D eigenvalue weighted by Gasteiger charge is -2.06. The molecular formula is C24H25NOS+2. The minimum atomic E-state index is 0.871. The Morgan fingerprint density at radius 3 is 2.67 bits per heavy atom. The van der Waals surface area contributed by atoms with Crippen molar-refractivity contribution in [3.8, 4) is 5.75 Å². The van der Waals surface area contributed by atoms with Crippen molar-refractivity contribution in [1.29, 1.82) is 0 Å². The monoisotopic (exact) mass is 375 g/mol. The first-order valence-electron chi connectivity index (χ1n) is 8.98. The van der Waals surface area contributed by atoms with Crippen LogP contribution in [0.25, 0.3) is 16.8 Å². The average molecular weight is 376 g/mol. The molecule has 0 saturated heterocycles. The van der Waals surface area contributed by atoms with Gasteiger partial charge in [-0.25, -0.2) is 4.99 Å². The van der Waals surface area contributed by atoms with E-state index in [2.05, 4.69) is 84.9 Å². The predicted octanol–water partition coefficient (Wildman–Crippen LogP) is 3.00. The molecule has 0 unspecified atom stereocenters. The number of methoxy groups -OCH3 is 1. The number of hydrogen-bond acceptors (Lipinski definition) is 1. The summed E-state index contributed by atoms with van der Waals surface area (Å²) in [5.41, 5.74) is 4.50. The smallest absolute Gasteiger partial charge is 0.206 e. The van der Waals surface area contributed by atoms with Crippen LogP contribution in [-0.4, -0.2) is 25.1 Å². The van der Waals surface area contributed by atoms with E-state index in [9.17, 15) is 0 Å². The number of fused-ring (bicyclic) bond motifs is 1. The Hall–Kier alpha value is -2.78. The maximum Gasteiger partial charge on any atom is 0.206 e. The van der Waals surface area contributed by atoms with Gasteiger partial charge in [-0.3, -0.25) is 0 Å². The van der Waals surface area contributed by atoms with E-state index in [-0.39, 0.29) is 0 Å². The number of nitrogens with one attached hydrogen (secondary N) is 1. The van der Waals surface area contributed by atoms with Crippen molar-refractivity contribution in [2.75, 3.05) is 19.4 Å². The number of ether oxygens (including phenoxy) is 1. The second-order valence-electron chi connectivity index (χ2n) is 6.19. The Morgan fingerprint density at radius 1 is 1.11 bits per heavy atom. The molecule has 0 heterocycles. The molecule has 1 aliphatic rings. The molecule has 0 fully saturated rings. The van der Waals surface area contributed by atoms with E-state index in [0.29, 0.717) is 0 Å². The van der Waals surface area contributed by atoms with Gasteiger partial charge in [0.1, 0.15) is 5.75 Å². The zero-order valence-electron chi connectivity index (χ0n) is 15.5. The minimum Gasteiger partial charge on any atom is -0.497 e. The molecular weight excluding hydrogens is 350 g/mol. The van der Waals surface area contributed by atoms with Crippen LogP contribution in [0.2, 0.25) is 0 Å². The highest BCUT2D eigenvalue weighted by Crippen LogP contribution is 2.23. The molecule has 0 radical (unpaired) electrons. The van der Waals surface area contributed by atoms with Gasteiger partial charge in [0.15, 0.2) is 12.3 Å².